The number of hydrogen-bond donors (Lipinski definition) is 2. The third-order valence-corrected chi connectivity index (χ3v) is 4.83. The first-order chi connectivity index (χ1) is 11.1. The van der Waals surface area contributed by atoms with Gasteiger partial charge in [-0.25, -0.2) is 4.79 Å². The lowest BCUT2D eigenvalue weighted by Crippen LogP contribution is -2.54. The van der Waals surface area contributed by atoms with Crippen molar-refractivity contribution in [3.63, 3.8) is 0 Å². The van der Waals surface area contributed by atoms with Gasteiger partial charge in [0.15, 0.2) is 0 Å². The highest BCUT2D eigenvalue weighted by Gasteiger charge is 2.43. The van der Waals surface area contributed by atoms with Crippen molar-refractivity contribution in [1.82, 2.24) is 5.32 Å². The molecule has 1 unspecified atom stereocenters. The summed E-state index contributed by atoms with van der Waals surface area (Å²) < 4.78 is 10.5. The molecule has 1 saturated heterocycles. The van der Waals surface area contributed by atoms with Crippen LogP contribution in [0.5, 0.6) is 5.75 Å². The zero-order valence-corrected chi connectivity index (χ0v) is 13.9. The number of aliphatic carboxylic acids is 1. The molecule has 1 aliphatic rings. The number of methoxy groups -OCH3 is 1. The molecule has 0 aromatic heterocycles. The molecular formula is C16H21NO5S. The van der Waals surface area contributed by atoms with Gasteiger partial charge in [0.1, 0.15) is 11.3 Å². The zero-order valence-electron chi connectivity index (χ0n) is 13.0. The number of carbonyl (C=O) groups is 2. The molecule has 1 amide bonds. The van der Waals surface area contributed by atoms with E-state index in [9.17, 15) is 14.7 Å². The quantitative estimate of drug-likeness (QED) is 0.703. The summed E-state index contributed by atoms with van der Waals surface area (Å²) >= 11 is 1.53. The fourth-order valence-corrected chi connectivity index (χ4v) is 3.62. The fourth-order valence-electron chi connectivity index (χ4n) is 2.30. The monoisotopic (exact) mass is 339 g/mol. The molecule has 0 aliphatic carbocycles. The van der Waals surface area contributed by atoms with Crippen molar-refractivity contribution >= 4 is 23.6 Å². The largest absolute Gasteiger partial charge is 0.493 e. The Balaban J connectivity index is 2.00. The molecule has 2 rings (SSSR count). The van der Waals surface area contributed by atoms with Gasteiger partial charge >= 0.3 is 5.97 Å². The predicted octanol–water partition coefficient (Wildman–Crippen LogP) is 1.79. The third-order valence-electron chi connectivity index (χ3n) is 3.64. The number of amides is 1. The predicted molar refractivity (Wildman–Crippen MR) is 88.2 cm³/mol. The average molecular weight is 339 g/mol. The minimum absolute atomic E-state index is 0.390. The van der Waals surface area contributed by atoms with Crippen LogP contribution in [-0.2, 0) is 9.53 Å². The van der Waals surface area contributed by atoms with Gasteiger partial charge in [0.05, 0.1) is 6.61 Å². The second-order valence-electron chi connectivity index (χ2n) is 5.37. The molecule has 23 heavy (non-hydrogen) atoms. The molecule has 2 N–H and O–H groups in total. The number of ether oxygens (including phenoxy) is 2. The van der Waals surface area contributed by atoms with Crippen LogP contribution >= 0.6 is 11.8 Å². The fraction of sp³-hybridized carbons (Fsp3) is 0.500. The summed E-state index contributed by atoms with van der Waals surface area (Å²) in [5.74, 6) is 0.329. The number of hydrogen-bond acceptors (Lipinski definition) is 5. The van der Waals surface area contributed by atoms with Crippen molar-refractivity contribution in [2.45, 2.75) is 18.4 Å². The van der Waals surface area contributed by atoms with E-state index >= 15 is 0 Å². The van der Waals surface area contributed by atoms with E-state index in [2.05, 4.69) is 5.32 Å². The van der Waals surface area contributed by atoms with Crippen molar-refractivity contribution < 1.29 is 24.2 Å². The number of nitrogens with one attached hydrogen (secondary N) is 1. The standard InChI is InChI=1S/C16H21NO5S/c1-21-7-3-8-22-13-5-2-4-12(10-13)14(18)17-16(15(19)20)6-9-23-11-16/h2,4-5,10H,3,6-9,11H2,1H3,(H,17,18)(H,19,20). The number of rotatable bonds is 8. The van der Waals surface area contributed by atoms with Crippen molar-refractivity contribution in [1.29, 1.82) is 0 Å². The van der Waals surface area contributed by atoms with Crippen LogP contribution < -0.4 is 10.1 Å². The first-order valence-corrected chi connectivity index (χ1v) is 8.58. The van der Waals surface area contributed by atoms with E-state index in [1.54, 1.807) is 31.4 Å². The zero-order chi connectivity index (χ0) is 16.7. The van der Waals surface area contributed by atoms with Gasteiger partial charge in [0.2, 0.25) is 0 Å². The van der Waals surface area contributed by atoms with Crippen molar-refractivity contribution in [2.24, 2.45) is 0 Å². The number of thioether (sulfide) groups is 1. The van der Waals surface area contributed by atoms with Crippen LogP contribution in [0, 0.1) is 0 Å². The Hall–Kier alpha value is -1.73. The van der Waals surface area contributed by atoms with Crippen molar-refractivity contribution in [3.05, 3.63) is 29.8 Å². The number of carboxylic acid groups (broad SMARTS) is 1. The van der Waals surface area contributed by atoms with Gasteiger partial charge in [-0.3, -0.25) is 4.79 Å². The lowest BCUT2D eigenvalue weighted by molar-refractivity contribution is -0.143. The summed E-state index contributed by atoms with van der Waals surface area (Å²) in [6.07, 6.45) is 1.19. The smallest absolute Gasteiger partial charge is 0.330 e. The summed E-state index contributed by atoms with van der Waals surface area (Å²) in [5, 5.41) is 12.1. The van der Waals surface area contributed by atoms with Crippen LogP contribution in [0.1, 0.15) is 23.2 Å². The normalized spacial score (nSPS) is 20.2. The van der Waals surface area contributed by atoms with Crippen molar-refractivity contribution in [2.75, 3.05) is 31.8 Å². The molecule has 0 radical (unpaired) electrons. The molecule has 0 bridgehead atoms. The van der Waals surface area contributed by atoms with E-state index in [0.717, 1.165) is 12.2 Å². The summed E-state index contributed by atoms with van der Waals surface area (Å²) in [5.41, 5.74) is -0.774. The molecule has 0 saturated carbocycles. The average Bonchev–Trinajstić information content (AvgIpc) is 3.02. The highest BCUT2D eigenvalue weighted by Crippen LogP contribution is 2.28. The summed E-state index contributed by atoms with van der Waals surface area (Å²) in [4.78, 5) is 23.9. The van der Waals surface area contributed by atoms with Crippen molar-refractivity contribution in [3.8, 4) is 5.75 Å². The van der Waals surface area contributed by atoms with Gasteiger partial charge < -0.3 is 19.9 Å². The van der Waals surface area contributed by atoms with Gasteiger partial charge in [-0.05, 0) is 30.4 Å². The molecule has 1 aromatic carbocycles. The van der Waals surface area contributed by atoms with E-state index in [4.69, 9.17) is 9.47 Å². The maximum absolute atomic E-state index is 12.4. The molecule has 1 heterocycles. The highest BCUT2D eigenvalue weighted by atomic mass is 32.2. The lowest BCUT2D eigenvalue weighted by atomic mass is 9.98. The number of carboxylic acids is 1. The number of carbonyl (C=O) groups excluding carboxylic acids is 1. The molecule has 1 atom stereocenters. The topological polar surface area (TPSA) is 84.9 Å². The Kier molecular flexibility index (Phi) is 6.29. The molecule has 126 valence electrons. The molecule has 7 heteroatoms. The summed E-state index contributed by atoms with van der Waals surface area (Å²) in [6, 6.07) is 6.76. The second kappa shape index (κ2) is 8.21. The van der Waals surface area contributed by atoms with E-state index in [0.29, 0.717) is 36.7 Å². The minimum atomic E-state index is -1.17. The Bertz CT molecular complexity index is 557. The molecule has 6 nitrogen and oxygen atoms in total. The van der Waals surface area contributed by atoms with E-state index < -0.39 is 17.4 Å². The Morgan fingerprint density at radius 3 is 2.87 bits per heavy atom. The van der Waals surface area contributed by atoms with Crippen LogP contribution in [0.4, 0.5) is 0 Å². The molecule has 1 aromatic rings. The molecule has 0 spiro atoms. The van der Waals surface area contributed by atoms with Crippen LogP contribution in [0.15, 0.2) is 24.3 Å². The second-order valence-corrected chi connectivity index (χ2v) is 6.47. The Morgan fingerprint density at radius 1 is 1.39 bits per heavy atom. The third kappa shape index (κ3) is 4.62. The lowest BCUT2D eigenvalue weighted by Gasteiger charge is -2.24. The summed E-state index contributed by atoms with van der Waals surface area (Å²) in [6.45, 7) is 1.10. The molecule has 1 fully saturated rings. The van der Waals surface area contributed by atoms with E-state index in [1.807, 2.05) is 0 Å². The van der Waals surface area contributed by atoms with E-state index in [-0.39, 0.29) is 0 Å². The highest BCUT2D eigenvalue weighted by molar-refractivity contribution is 7.99. The SMILES string of the molecule is COCCCOc1cccc(C(=O)NC2(C(=O)O)CCSC2)c1. The van der Waals surface area contributed by atoms with Crippen LogP contribution in [0.2, 0.25) is 0 Å². The maximum atomic E-state index is 12.4. The van der Waals surface area contributed by atoms with Crippen LogP contribution in [0.25, 0.3) is 0 Å². The van der Waals surface area contributed by atoms with Gasteiger partial charge in [-0.2, -0.15) is 11.8 Å². The van der Waals surface area contributed by atoms with Gasteiger partial charge in [0.25, 0.3) is 5.91 Å². The van der Waals surface area contributed by atoms with Crippen LogP contribution in [0.3, 0.4) is 0 Å². The maximum Gasteiger partial charge on any atom is 0.330 e. The van der Waals surface area contributed by atoms with Crippen LogP contribution in [-0.4, -0.2) is 54.4 Å². The Labute approximate surface area is 139 Å². The van der Waals surface area contributed by atoms with Gasteiger partial charge in [-0.15, -0.1) is 0 Å². The first kappa shape index (κ1) is 17.6. The molecule has 1 aliphatic heterocycles. The van der Waals surface area contributed by atoms with Gasteiger partial charge in [0, 0.05) is 31.5 Å². The minimum Gasteiger partial charge on any atom is -0.493 e. The number of benzene rings is 1. The molecular weight excluding hydrogens is 318 g/mol. The van der Waals surface area contributed by atoms with E-state index in [1.165, 1.54) is 11.8 Å². The first-order valence-electron chi connectivity index (χ1n) is 7.43. The van der Waals surface area contributed by atoms with Gasteiger partial charge in [-0.1, -0.05) is 6.07 Å². The Morgan fingerprint density at radius 2 is 2.22 bits per heavy atom. The summed E-state index contributed by atoms with van der Waals surface area (Å²) in [7, 11) is 1.63.